The Hall–Kier alpha value is -3.68. The number of H-pyrrole nitrogens is 1. The summed E-state index contributed by atoms with van der Waals surface area (Å²) < 4.78 is 0. The van der Waals surface area contributed by atoms with E-state index in [1.807, 2.05) is 25.7 Å². The van der Waals surface area contributed by atoms with E-state index in [1.165, 1.54) is 0 Å². The molecule has 0 spiro atoms. The summed E-state index contributed by atoms with van der Waals surface area (Å²) in [6.07, 6.45) is 6.19. The molecule has 2 saturated heterocycles. The zero-order chi connectivity index (χ0) is 26.0. The van der Waals surface area contributed by atoms with E-state index >= 15 is 0 Å². The molecule has 2 aromatic heterocycles. The van der Waals surface area contributed by atoms with Crippen molar-refractivity contribution in [1.29, 1.82) is 5.26 Å². The van der Waals surface area contributed by atoms with E-state index in [-0.39, 0.29) is 17.9 Å². The molecule has 3 amide bonds. The zero-order valence-corrected chi connectivity index (χ0v) is 21.3. The summed E-state index contributed by atoms with van der Waals surface area (Å²) in [7, 11) is 0. The molecule has 0 saturated carbocycles. The first kappa shape index (κ1) is 25.4. The van der Waals surface area contributed by atoms with Gasteiger partial charge in [0.1, 0.15) is 23.4 Å². The van der Waals surface area contributed by atoms with Crippen LogP contribution < -0.4 is 10.6 Å². The predicted octanol–water partition coefficient (Wildman–Crippen LogP) is 2.04. The fourth-order valence-corrected chi connectivity index (χ4v) is 4.87. The normalized spacial score (nSPS) is 19.7. The summed E-state index contributed by atoms with van der Waals surface area (Å²) in [4.78, 5) is 53.7. The van der Waals surface area contributed by atoms with Gasteiger partial charge in [0.05, 0.1) is 17.8 Å². The number of nitrogens with one attached hydrogen (secondary N) is 3. The Morgan fingerprint density at radius 3 is 2.56 bits per heavy atom. The van der Waals surface area contributed by atoms with Crippen LogP contribution >= 0.6 is 0 Å². The second-order valence-corrected chi connectivity index (χ2v) is 10.7. The maximum absolute atomic E-state index is 13.4. The van der Waals surface area contributed by atoms with Crippen LogP contribution in [0.5, 0.6) is 0 Å². The molecule has 4 rings (SSSR count). The third-order valence-electron chi connectivity index (χ3n) is 6.99. The molecular formula is C25H34N8O3. The van der Waals surface area contributed by atoms with Gasteiger partial charge in [-0.25, -0.2) is 9.97 Å². The van der Waals surface area contributed by atoms with Crippen molar-refractivity contribution >= 4 is 34.7 Å². The molecule has 0 bridgehead atoms. The molecule has 3 N–H and O–H groups in total. The number of hydrogen-bond acceptors (Lipinski definition) is 7. The molecular weight excluding hydrogens is 460 g/mol. The van der Waals surface area contributed by atoms with Crippen molar-refractivity contribution in [3.05, 3.63) is 18.0 Å². The van der Waals surface area contributed by atoms with Gasteiger partial charge in [0.15, 0.2) is 5.65 Å². The average Bonchev–Trinajstić information content (AvgIpc) is 3.48. The maximum atomic E-state index is 13.4. The summed E-state index contributed by atoms with van der Waals surface area (Å²) in [5, 5.41) is 15.7. The molecule has 2 atom stereocenters. The molecule has 1 unspecified atom stereocenters. The van der Waals surface area contributed by atoms with Crippen molar-refractivity contribution in [2.24, 2.45) is 5.41 Å². The second-order valence-electron chi connectivity index (χ2n) is 10.7. The lowest BCUT2D eigenvalue weighted by atomic mass is 9.85. The summed E-state index contributed by atoms with van der Waals surface area (Å²) in [6.45, 7) is 9.14. The number of fused-ring (bicyclic) bond motifs is 1. The van der Waals surface area contributed by atoms with Gasteiger partial charge in [-0.05, 0) is 31.1 Å². The number of aromatic nitrogens is 3. The molecule has 0 aromatic carbocycles. The van der Waals surface area contributed by atoms with Crippen LogP contribution in [0, 0.1) is 16.7 Å². The number of carbonyl (C=O) groups is 3. The lowest BCUT2D eigenvalue weighted by molar-refractivity contribution is -0.135. The largest absolute Gasteiger partial charge is 0.366 e. The maximum Gasteiger partial charge on any atom is 0.255 e. The van der Waals surface area contributed by atoms with E-state index in [0.29, 0.717) is 48.6 Å². The number of rotatable bonds is 5. The summed E-state index contributed by atoms with van der Waals surface area (Å²) in [5.41, 5.74) is 0.622. The Morgan fingerprint density at radius 1 is 1.19 bits per heavy atom. The number of nitrogens with zero attached hydrogens (tertiary/aromatic N) is 5. The number of hydrogen-bond donors (Lipinski definition) is 3. The van der Waals surface area contributed by atoms with Crippen LogP contribution in [-0.2, 0) is 9.59 Å². The predicted molar refractivity (Wildman–Crippen MR) is 134 cm³/mol. The molecule has 192 valence electrons. The molecule has 2 aromatic rings. The Labute approximate surface area is 210 Å². The van der Waals surface area contributed by atoms with Gasteiger partial charge in [0.2, 0.25) is 11.8 Å². The van der Waals surface area contributed by atoms with Gasteiger partial charge >= 0.3 is 0 Å². The van der Waals surface area contributed by atoms with E-state index in [9.17, 15) is 19.6 Å². The fraction of sp³-hybridized carbons (Fsp3) is 0.600. The quantitative estimate of drug-likeness (QED) is 0.576. The number of aromatic amines is 1. The Balaban J connectivity index is 1.51. The molecule has 4 heterocycles. The van der Waals surface area contributed by atoms with Crippen LogP contribution in [-0.4, -0.2) is 80.2 Å². The standard InChI is InChI=1S/C25H34N8O3/c1-15(34)32-10-7-16(8-11-32)29-19-14-28-22-20(30-19)18(13-27-22)23(35)31-21(25(2,3)4)24(36)33-9-5-6-17(33)12-26/h13-14,16-17,21H,5-11H2,1-4H3,(H,27,28)(H,29,30)(H,31,35)/t17-,21?/m0/s1. The van der Waals surface area contributed by atoms with Crippen molar-refractivity contribution in [2.75, 3.05) is 25.0 Å². The highest BCUT2D eigenvalue weighted by molar-refractivity contribution is 6.06. The number of carbonyl (C=O) groups excluding carboxylic acids is 3. The molecule has 11 heteroatoms. The zero-order valence-electron chi connectivity index (χ0n) is 21.3. The van der Waals surface area contributed by atoms with E-state index in [0.717, 1.165) is 19.3 Å². The number of nitriles is 1. The first-order chi connectivity index (χ1) is 17.1. The van der Waals surface area contributed by atoms with E-state index in [1.54, 1.807) is 24.2 Å². The van der Waals surface area contributed by atoms with E-state index < -0.39 is 23.4 Å². The highest BCUT2D eigenvalue weighted by atomic mass is 16.2. The van der Waals surface area contributed by atoms with Gasteiger partial charge < -0.3 is 25.4 Å². The van der Waals surface area contributed by atoms with Gasteiger partial charge in [-0.3, -0.25) is 14.4 Å². The van der Waals surface area contributed by atoms with Crippen LogP contribution in [0.2, 0.25) is 0 Å². The number of likely N-dealkylation sites (tertiary alicyclic amines) is 2. The lowest BCUT2D eigenvalue weighted by Crippen LogP contribution is -2.55. The molecule has 0 aliphatic carbocycles. The van der Waals surface area contributed by atoms with Crippen LogP contribution in [0.1, 0.15) is 63.7 Å². The average molecular weight is 495 g/mol. The van der Waals surface area contributed by atoms with Crippen molar-refractivity contribution < 1.29 is 14.4 Å². The second kappa shape index (κ2) is 10.1. The first-order valence-corrected chi connectivity index (χ1v) is 12.5. The minimum atomic E-state index is -0.801. The molecule has 0 radical (unpaired) electrons. The summed E-state index contributed by atoms with van der Waals surface area (Å²) in [5.74, 6) is -0.0408. The summed E-state index contributed by atoms with van der Waals surface area (Å²) in [6, 6.07) is 1.08. The highest BCUT2D eigenvalue weighted by Gasteiger charge is 2.40. The van der Waals surface area contributed by atoms with Gasteiger partial charge in [-0.1, -0.05) is 20.8 Å². The van der Waals surface area contributed by atoms with Crippen LogP contribution in [0.4, 0.5) is 5.82 Å². The highest BCUT2D eigenvalue weighted by Crippen LogP contribution is 2.26. The Morgan fingerprint density at radius 2 is 1.92 bits per heavy atom. The van der Waals surface area contributed by atoms with Crippen molar-refractivity contribution in [3.63, 3.8) is 0 Å². The number of piperidine rings is 1. The van der Waals surface area contributed by atoms with Crippen molar-refractivity contribution in [2.45, 2.75) is 71.5 Å². The van der Waals surface area contributed by atoms with Gasteiger partial charge in [0, 0.05) is 38.8 Å². The van der Waals surface area contributed by atoms with Crippen LogP contribution in [0.15, 0.2) is 12.4 Å². The molecule has 2 aliphatic rings. The van der Waals surface area contributed by atoms with E-state index in [2.05, 4.69) is 31.7 Å². The van der Waals surface area contributed by atoms with Crippen LogP contribution in [0.3, 0.4) is 0 Å². The third kappa shape index (κ3) is 5.27. The minimum Gasteiger partial charge on any atom is -0.366 e. The van der Waals surface area contributed by atoms with Crippen molar-refractivity contribution in [1.82, 2.24) is 30.1 Å². The molecule has 11 nitrogen and oxygen atoms in total. The molecule has 2 aliphatic heterocycles. The molecule has 2 fully saturated rings. The number of anilines is 1. The monoisotopic (exact) mass is 494 g/mol. The third-order valence-corrected chi connectivity index (χ3v) is 6.99. The van der Waals surface area contributed by atoms with Gasteiger partial charge in [0.25, 0.3) is 5.91 Å². The number of amides is 3. The smallest absolute Gasteiger partial charge is 0.255 e. The molecule has 36 heavy (non-hydrogen) atoms. The van der Waals surface area contributed by atoms with E-state index in [4.69, 9.17) is 0 Å². The fourth-order valence-electron chi connectivity index (χ4n) is 4.87. The van der Waals surface area contributed by atoms with Gasteiger partial charge in [-0.15, -0.1) is 0 Å². The van der Waals surface area contributed by atoms with Crippen molar-refractivity contribution in [3.8, 4) is 6.07 Å². The Bertz CT molecular complexity index is 1190. The summed E-state index contributed by atoms with van der Waals surface area (Å²) >= 11 is 0. The minimum absolute atomic E-state index is 0.0811. The SMILES string of the molecule is CC(=O)N1CCC(Nc2cnc3[nH]cc(C(=O)NC(C(=O)N4CCC[C@H]4C#N)C(C)(C)C)c3n2)CC1. The van der Waals surface area contributed by atoms with Gasteiger partial charge in [-0.2, -0.15) is 5.26 Å². The first-order valence-electron chi connectivity index (χ1n) is 12.5. The van der Waals surface area contributed by atoms with Crippen LogP contribution in [0.25, 0.3) is 11.2 Å². The lowest BCUT2D eigenvalue weighted by Gasteiger charge is -2.34. The topological polar surface area (TPSA) is 147 Å². The Kier molecular flexibility index (Phi) is 7.15.